The number of carbonyl (C=O) groups excluding carboxylic acids is 1. The van der Waals surface area contributed by atoms with Crippen LogP contribution in [0.1, 0.15) is 34.5 Å². The summed E-state index contributed by atoms with van der Waals surface area (Å²) in [5, 5.41) is 13.8. The molecule has 0 aliphatic carbocycles. The van der Waals surface area contributed by atoms with E-state index in [0.717, 1.165) is 11.3 Å². The topological polar surface area (TPSA) is 81.5 Å². The van der Waals surface area contributed by atoms with Gasteiger partial charge in [-0.05, 0) is 37.6 Å². The first-order chi connectivity index (χ1) is 10.9. The summed E-state index contributed by atoms with van der Waals surface area (Å²) in [7, 11) is 1.59. The lowest BCUT2D eigenvalue weighted by Gasteiger charge is -2.15. The van der Waals surface area contributed by atoms with Crippen molar-refractivity contribution in [1.82, 2.24) is 5.32 Å². The largest absolute Gasteiger partial charge is 0.497 e. The third kappa shape index (κ3) is 3.85. The van der Waals surface area contributed by atoms with E-state index in [1.54, 1.807) is 26.2 Å². The maximum absolute atomic E-state index is 12.3. The average Bonchev–Trinajstić information content (AvgIpc) is 2.54. The number of benzene rings is 2. The molecule has 1 amide bonds. The van der Waals surface area contributed by atoms with Crippen LogP contribution in [0.25, 0.3) is 0 Å². The first kappa shape index (κ1) is 16.5. The van der Waals surface area contributed by atoms with Gasteiger partial charge < -0.3 is 10.1 Å². The summed E-state index contributed by atoms with van der Waals surface area (Å²) >= 11 is 0. The first-order valence-electron chi connectivity index (χ1n) is 7.12. The Morgan fingerprint density at radius 3 is 2.43 bits per heavy atom. The van der Waals surface area contributed by atoms with Gasteiger partial charge >= 0.3 is 0 Å². The summed E-state index contributed by atoms with van der Waals surface area (Å²) in [5.41, 5.74) is 1.65. The van der Waals surface area contributed by atoms with Crippen molar-refractivity contribution in [3.8, 4) is 5.75 Å². The Hall–Kier alpha value is -2.89. The van der Waals surface area contributed by atoms with E-state index in [2.05, 4.69) is 5.32 Å². The Kier molecular flexibility index (Phi) is 4.95. The Morgan fingerprint density at radius 1 is 1.22 bits per heavy atom. The van der Waals surface area contributed by atoms with Gasteiger partial charge in [-0.15, -0.1) is 0 Å². The van der Waals surface area contributed by atoms with Crippen molar-refractivity contribution in [2.75, 3.05) is 7.11 Å². The molecular weight excluding hydrogens is 296 g/mol. The molecule has 0 aliphatic rings. The summed E-state index contributed by atoms with van der Waals surface area (Å²) in [6.45, 7) is 3.49. The van der Waals surface area contributed by atoms with Gasteiger partial charge in [-0.25, -0.2) is 0 Å². The highest BCUT2D eigenvalue weighted by Gasteiger charge is 2.16. The van der Waals surface area contributed by atoms with Gasteiger partial charge in [-0.1, -0.05) is 18.2 Å². The minimum atomic E-state index is -0.487. The molecular formula is C17H18N2O4. The summed E-state index contributed by atoms with van der Waals surface area (Å²) in [6.07, 6.45) is 0. The van der Waals surface area contributed by atoms with Crippen LogP contribution in [0.5, 0.6) is 5.75 Å². The van der Waals surface area contributed by atoms with Gasteiger partial charge in [0.1, 0.15) is 5.75 Å². The number of hydrogen-bond donors (Lipinski definition) is 1. The van der Waals surface area contributed by atoms with E-state index >= 15 is 0 Å². The average molecular weight is 314 g/mol. The molecule has 1 N–H and O–H groups in total. The highest BCUT2D eigenvalue weighted by molar-refractivity contribution is 5.95. The first-order valence-corrected chi connectivity index (χ1v) is 7.12. The van der Waals surface area contributed by atoms with Gasteiger partial charge in [0.15, 0.2) is 0 Å². The minimum absolute atomic E-state index is 0.0604. The molecule has 2 aromatic rings. The molecule has 0 saturated heterocycles. The number of methoxy groups -OCH3 is 1. The molecule has 0 heterocycles. The lowest BCUT2D eigenvalue weighted by molar-refractivity contribution is -0.385. The lowest BCUT2D eigenvalue weighted by atomic mass is 10.1. The molecule has 6 nitrogen and oxygen atoms in total. The van der Waals surface area contributed by atoms with Crippen molar-refractivity contribution in [1.29, 1.82) is 0 Å². The van der Waals surface area contributed by atoms with E-state index < -0.39 is 4.92 Å². The Bertz CT molecular complexity index is 726. The van der Waals surface area contributed by atoms with Gasteiger partial charge in [0, 0.05) is 17.2 Å². The third-order valence-electron chi connectivity index (χ3n) is 3.63. The van der Waals surface area contributed by atoms with Crippen LogP contribution in [-0.4, -0.2) is 17.9 Å². The molecule has 0 aliphatic heterocycles. The van der Waals surface area contributed by atoms with E-state index in [4.69, 9.17) is 4.74 Å². The summed E-state index contributed by atoms with van der Waals surface area (Å²) in [5.74, 6) is 0.387. The molecule has 2 rings (SSSR count). The van der Waals surface area contributed by atoms with Crippen LogP contribution in [0.15, 0.2) is 42.5 Å². The maximum atomic E-state index is 12.3. The van der Waals surface area contributed by atoms with Crippen molar-refractivity contribution in [3.63, 3.8) is 0 Å². The number of nitro benzene ring substituents is 1. The number of nitrogens with zero attached hydrogens (tertiary/aromatic N) is 1. The monoisotopic (exact) mass is 314 g/mol. The maximum Gasteiger partial charge on any atom is 0.273 e. The number of aryl methyl sites for hydroxylation is 1. The molecule has 2 aromatic carbocycles. The Balaban J connectivity index is 2.14. The highest BCUT2D eigenvalue weighted by atomic mass is 16.6. The fourth-order valence-electron chi connectivity index (χ4n) is 2.20. The normalized spacial score (nSPS) is 11.6. The van der Waals surface area contributed by atoms with Crippen LogP contribution in [0.4, 0.5) is 5.69 Å². The molecule has 0 fully saturated rings. The van der Waals surface area contributed by atoms with Gasteiger partial charge in [0.05, 0.1) is 18.1 Å². The van der Waals surface area contributed by atoms with E-state index in [9.17, 15) is 14.9 Å². The molecule has 0 spiro atoms. The van der Waals surface area contributed by atoms with Crippen molar-refractivity contribution < 1.29 is 14.5 Å². The number of rotatable bonds is 5. The molecule has 0 aromatic heterocycles. The zero-order valence-corrected chi connectivity index (χ0v) is 13.2. The van der Waals surface area contributed by atoms with Crippen LogP contribution >= 0.6 is 0 Å². The second-order valence-electron chi connectivity index (χ2n) is 5.23. The van der Waals surface area contributed by atoms with Gasteiger partial charge in [0.25, 0.3) is 11.6 Å². The van der Waals surface area contributed by atoms with E-state index in [1.807, 2.05) is 31.2 Å². The fourth-order valence-corrected chi connectivity index (χ4v) is 2.20. The van der Waals surface area contributed by atoms with E-state index in [0.29, 0.717) is 5.56 Å². The predicted octanol–water partition coefficient (Wildman–Crippen LogP) is 3.40. The number of nitro groups is 1. The third-order valence-corrected chi connectivity index (χ3v) is 3.63. The van der Waals surface area contributed by atoms with E-state index in [-0.39, 0.29) is 23.2 Å². The van der Waals surface area contributed by atoms with Gasteiger partial charge in [-0.2, -0.15) is 0 Å². The molecule has 1 atom stereocenters. The molecule has 6 heteroatoms. The van der Waals surface area contributed by atoms with E-state index in [1.165, 1.54) is 6.07 Å². The molecule has 0 radical (unpaired) electrons. The number of nitrogens with one attached hydrogen (secondary N) is 1. The predicted molar refractivity (Wildman–Crippen MR) is 86.7 cm³/mol. The fraction of sp³-hybridized carbons (Fsp3) is 0.235. The SMILES string of the molecule is COc1ccc(C(C)NC(=O)c2ccc(C)c([N+](=O)[O-])c2)cc1. The quantitative estimate of drug-likeness (QED) is 0.677. The standard InChI is InChI=1S/C17H18N2O4/c1-11-4-5-14(10-16(11)19(21)22)17(20)18-12(2)13-6-8-15(23-3)9-7-13/h4-10,12H,1-3H3,(H,18,20). The Morgan fingerprint density at radius 2 is 1.87 bits per heavy atom. The number of amides is 1. The Labute approximate surface area is 134 Å². The molecule has 23 heavy (non-hydrogen) atoms. The summed E-state index contributed by atoms with van der Waals surface area (Å²) in [6, 6.07) is 11.6. The van der Waals surface area contributed by atoms with Crippen LogP contribution in [-0.2, 0) is 0 Å². The highest BCUT2D eigenvalue weighted by Crippen LogP contribution is 2.21. The van der Waals surface area contributed by atoms with Crippen LogP contribution < -0.4 is 10.1 Å². The summed E-state index contributed by atoms with van der Waals surface area (Å²) < 4.78 is 5.09. The van der Waals surface area contributed by atoms with Crippen molar-refractivity contribution in [2.24, 2.45) is 0 Å². The molecule has 0 saturated carbocycles. The van der Waals surface area contributed by atoms with Crippen LogP contribution in [0.2, 0.25) is 0 Å². The number of ether oxygens (including phenoxy) is 1. The van der Waals surface area contributed by atoms with Crippen LogP contribution in [0.3, 0.4) is 0 Å². The second kappa shape index (κ2) is 6.91. The van der Waals surface area contributed by atoms with Gasteiger partial charge in [0.2, 0.25) is 0 Å². The molecule has 1 unspecified atom stereocenters. The molecule has 0 bridgehead atoms. The smallest absolute Gasteiger partial charge is 0.273 e. The molecule has 120 valence electrons. The van der Waals surface area contributed by atoms with Gasteiger partial charge in [-0.3, -0.25) is 14.9 Å². The van der Waals surface area contributed by atoms with Crippen molar-refractivity contribution >= 4 is 11.6 Å². The van der Waals surface area contributed by atoms with Crippen LogP contribution in [0, 0.1) is 17.0 Å². The number of carbonyl (C=O) groups is 1. The van der Waals surface area contributed by atoms with Crippen molar-refractivity contribution in [2.45, 2.75) is 19.9 Å². The minimum Gasteiger partial charge on any atom is -0.497 e. The van der Waals surface area contributed by atoms with Crippen molar-refractivity contribution in [3.05, 3.63) is 69.3 Å². The zero-order chi connectivity index (χ0) is 17.0. The summed E-state index contributed by atoms with van der Waals surface area (Å²) in [4.78, 5) is 22.8. The lowest BCUT2D eigenvalue weighted by Crippen LogP contribution is -2.26. The number of hydrogen-bond acceptors (Lipinski definition) is 4. The zero-order valence-electron chi connectivity index (χ0n) is 13.2. The second-order valence-corrected chi connectivity index (χ2v) is 5.23.